The van der Waals surface area contributed by atoms with Gasteiger partial charge in [0.05, 0.1) is 18.9 Å². The predicted octanol–water partition coefficient (Wildman–Crippen LogP) is 1.99. The number of methoxy groups -OCH3 is 1. The van der Waals surface area contributed by atoms with Gasteiger partial charge in [-0.3, -0.25) is 9.89 Å². The fraction of sp³-hybridized carbons (Fsp3) is 0.412. The smallest absolute Gasteiger partial charge is 0.269 e. The van der Waals surface area contributed by atoms with Crippen molar-refractivity contribution in [2.75, 3.05) is 13.7 Å². The maximum atomic E-state index is 12.4. The number of aromatic amines is 1. The van der Waals surface area contributed by atoms with Crippen LogP contribution in [0.1, 0.15) is 23.3 Å². The van der Waals surface area contributed by atoms with Gasteiger partial charge in [-0.05, 0) is 31.0 Å². The number of rotatable bonds is 4. The van der Waals surface area contributed by atoms with Crippen LogP contribution in [-0.4, -0.2) is 42.0 Å². The zero-order chi connectivity index (χ0) is 15.8. The Hall–Kier alpha value is -2.34. The monoisotopic (exact) mass is 313 g/mol. The normalized spacial score (nSPS) is 25.5. The lowest BCUT2D eigenvalue weighted by molar-refractivity contribution is 0.00802. The number of nitrogens with zero attached hydrogens (tertiary/aromatic N) is 1. The molecule has 6 heteroatoms. The Balaban J connectivity index is 1.45. The molecular formula is C17H19N3O3. The number of hydrogen-bond acceptors (Lipinski definition) is 4. The molecule has 2 N–H and O–H groups in total. The van der Waals surface area contributed by atoms with Crippen molar-refractivity contribution in [1.29, 1.82) is 0 Å². The van der Waals surface area contributed by atoms with E-state index >= 15 is 0 Å². The van der Waals surface area contributed by atoms with Gasteiger partial charge in [-0.1, -0.05) is 12.1 Å². The first-order chi connectivity index (χ1) is 11.2. The van der Waals surface area contributed by atoms with Crippen molar-refractivity contribution >= 4 is 5.91 Å². The van der Waals surface area contributed by atoms with Crippen LogP contribution in [0.2, 0.25) is 0 Å². The van der Waals surface area contributed by atoms with Crippen LogP contribution >= 0.6 is 0 Å². The molecule has 3 atom stereocenters. The van der Waals surface area contributed by atoms with Crippen LogP contribution in [0.5, 0.6) is 5.75 Å². The number of carbonyl (C=O) groups excluding carboxylic acids is 1. The first-order valence-electron chi connectivity index (χ1n) is 7.87. The largest absolute Gasteiger partial charge is 0.497 e. The number of carbonyl (C=O) groups is 1. The minimum atomic E-state index is -0.109. The summed E-state index contributed by atoms with van der Waals surface area (Å²) < 4.78 is 10.8. The van der Waals surface area contributed by atoms with Crippen LogP contribution in [0.4, 0.5) is 0 Å². The Morgan fingerprint density at radius 3 is 3.17 bits per heavy atom. The zero-order valence-electron chi connectivity index (χ0n) is 12.9. The Morgan fingerprint density at radius 1 is 1.43 bits per heavy atom. The van der Waals surface area contributed by atoms with Crippen molar-refractivity contribution in [3.05, 3.63) is 36.0 Å². The number of benzene rings is 1. The maximum absolute atomic E-state index is 12.4. The lowest BCUT2D eigenvalue weighted by Crippen LogP contribution is -2.53. The second-order valence-corrected chi connectivity index (χ2v) is 6.08. The first-order valence-corrected chi connectivity index (χ1v) is 7.87. The number of ether oxygens (including phenoxy) is 2. The number of fused-ring (bicyclic) bond motifs is 1. The molecule has 120 valence electrons. The zero-order valence-corrected chi connectivity index (χ0v) is 12.9. The van der Waals surface area contributed by atoms with Gasteiger partial charge in [-0.25, -0.2) is 0 Å². The van der Waals surface area contributed by atoms with Gasteiger partial charge in [0, 0.05) is 24.1 Å². The second-order valence-electron chi connectivity index (χ2n) is 6.08. The van der Waals surface area contributed by atoms with Crippen LogP contribution in [0.25, 0.3) is 11.3 Å². The number of hydrogen-bond donors (Lipinski definition) is 2. The second kappa shape index (κ2) is 5.70. The highest BCUT2D eigenvalue weighted by atomic mass is 16.5. The van der Waals surface area contributed by atoms with E-state index in [1.54, 1.807) is 13.2 Å². The number of amides is 1. The van der Waals surface area contributed by atoms with E-state index in [1.807, 2.05) is 24.3 Å². The van der Waals surface area contributed by atoms with Crippen molar-refractivity contribution in [1.82, 2.24) is 15.5 Å². The van der Waals surface area contributed by atoms with Crippen LogP contribution in [0.3, 0.4) is 0 Å². The van der Waals surface area contributed by atoms with E-state index in [9.17, 15) is 4.79 Å². The lowest BCUT2D eigenvalue weighted by atomic mass is 9.76. The predicted molar refractivity (Wildman–Crippen MR) is 84.3 cm³/mol. The summed E-state index contributed by atoms with van der Waals surface area (Å²) in [5, 5.41) is 10.1. The summed E-state index contributed by atoms with van der Waals surface area (Å²) in [5.74, 6) is 1.12. The average Bonchev–Trinajstić information content (AvgIpc) is 3.19. The molecular weight excluding hydrogens is 294 g/mol. The third-order valence-corrected chi connectivity index (χ3v) is 4.77. The minimum absolute atomic E-state index is 0.109. The molecule has 2 heterocycles. The summed E-state index contributed by atoms with van der Waals surface area (Å²) >= 11 is 0. The van der Waals surface area contributed by atoms with E-state index < -0.39 is 0 Å². The molecule has 1 saturated heterocycles. The summed E-state index contributed by atoms with van der Waals surface area (Å²) in [4.78, 5) is 12.4. The van der Waals surface area contributed by atoms with Gasteiger partial charge < -0.3 is 14.8 Å². The van der Waals surface area contributed by atoms with Gasteiger partial charge in [-0.2, -0.15) is 5.10 Å². The number of H-pyrrole nitrogens is 1. The van der Waals surface area contributed by atoms with E-state index in [2.05, 4.69) is 15.5 Å². The first kappa shape index (κ1) is 14.3. The van der Waals surface area contributed by atoms with E-state index in [1.165, 1.54) is 0 Å². The van der Waals surface area contributed by atoms with Gasteiger partial charge in [-0.15, -0.1) is 0 Å². The molecule has 6 nitrogen and oxygen atoms in total. The Labute approximate surface area is 134 Å². The highest BCUT2D eigenvalue weighted by Gasteiger charge is 2.45. The molecule has 23 heavy (non-hydrogen) atoms. The van der Waals surface area contributed by atoms with Gasteiger partial charge in [0.15, 0.2) is 0 Å². The fourth-order valence-corrected chi connectivity index (χ4v) is 3.38. The SMILES string of the molecule is COc1cccc(-c2cc(C(=O)N[C@@H]3C[C@H]4OCC[C@@H]34)[nH]n2)c1. The summed E-state index contributed by atoms with van der Waals surface area (Å²) in [6.07, 6.45) is 2.29. The van der Waals surface area contributed by atoms with Crippen molar-refractivity contribution in [3.8, 4) is 17.0 Å². The van der Waals surface area contributed by atoms with E-state index in [4.69, 9.17) is 9.47 Å². The molecule has 1 amide bonds. The Bertz CT molecular complexity index is 727. The standard InChI is InChI=1S/C17H19N3O3/c1-22-11-4-2-3-10(7-11)13-8-15(20-19-13)17(21)18-14-9-16-12(14)5-6-23-16/h2-4,7-8,12,14,16H,5-6,9H2,1H3,(H,18,21)(H,19,20)/t12-,14+,16+/m0/s1. The molecule has 1 aromatic heterocycles. The van der Waals surface area contributed by atoms with Crippen LogP contribution < -0.4 is 10.1 Å². The quantitative estimate of drug-likeness (QED) is 0.905. The van der Waals surface area contributed by atoms with Crippen molar-refractivity contribution in [2.45, 2.75) is 25.0 Å². The molecule has 1 aliphatic carbocycles. The van der Waals surface area contributed by atoms with Crippen molar-refractivity contribution in [2.24, 2.45) is 5.92 Å². The van der Waals surface area contributed by atoms with E-state index in [0.717, 1.165) is 36.5 Å². The fourth-order valence-electron chi connectivity index (χ4n) is 3.38. The van der Waals surface area contributed by atoms with Crippen LogP contribution in [-0.2, 0) is 4.74 Å². The van der Waals surface area contributed by atoms with Crippen LogP contribution in [0, 0.1) is 5.92 Å². The van der Waals surface area contributed by atoms with Gasteiger partial charge in [0.25, 0.3) is 5.91 Å². The molecule has 1 saturated carbocycles. The summed E-state index contributed by atoms with van der Waals surface area (Å²) in [5.41, 5.74) is 2.11. The Morgan fingerprint density at radius 2 is 2.35 bits per heavy atom. The molecule has 1 aromatic carbocycles. The minimum Gasteiger partial charge on any atom is -0.497 e. The topological polar surface area (TPSA) is 76.2 Å². The van der Waals surface area contributed by atoms with Crippen molar-refractivity contribution < 1.29 is 14.3 Å². The number of aromatic nitrogens is 2. The molecule has 0 radical (unpaired) electrons. The van der Waals surface area contributed by atoms with Gasteiger partial charge >= 0.3 is 0 Å². The molecule has 2 aliphatic rings. The Kier molecular flexibility index (Phi) is 3.53. The lowest BCUT2D eigenvalue weighted by Gasteiger charge is -2.39. The molecule has 0 unspecified atom stereocenters. The molecule has 2 fully saturated rings. The van der Waals surface area contributed by atoms with Crippen molar-refractivity contribution in [3.63, 3.8) is 0 Å². The number of nitrogens with one attached hydrogen (secondary N) is 2. The molecule has 1 aliphatic heterocycles. The van der Waals surface area contributed by atoms with E-state index in [0.29, 0.717) is 17.7 Å². The molecule has 0 bridgehead atoms. The van der Waals surface area contributed by atoms with Gasteiger partial charge in [0.1, 0.15) is 11.4 Å². The third-order valence-electron chi connectivity index (χ3n) is 4.77. The van der Waals surface area contributed by atoms with E-state index in [-0.39, 0.29) is 11.9 Å². The summed E-state index contributed by atoms with van der Waals surface area (Å²) in [6.45, 7) is 0.811. The highest BCUT2D eigenvalue weighted by molar-refractivity contribution is 5.93. The van der Waals surface area contributed by atoms with Gasteiger partial charge in [0.2, 0.25) is 0 Å². The molecule has 0 spiro atoms. The maximum Gasteiger partial charge on any atom is 0.269 e. The van der Waals surface area contributed by atoms with Crippen LogP contribution in [0.15, 0.2) is 30.3 Å². The molecule has 4 rings (SSSR count). The molecule has 2 aromatic rings. The summed E-state index contributed by atoms with van der Waals surface area (Å²) in [6, 6.07) is 9.60. The highest BCUT2D eigenvalue weighted by Crippen LogP contribution is 2.38. The average molecular weight is 313 g/mol. The third kappa shape index (κ3) is 2.59. The summed E-state index contributed by atoms with van der Waals surface area (Å²) in [7, 11) is 1.63.